The van der Waals surface area contributed by atoms with Gasteiger partial charge in [-0.25, -0.2) is 9.97 Å². The number of fused-ring (bicyclic) bond motifs is 1. The maximum atomic E-state index is 11.1. The standard InChI is InChI=1S/C14H17N3O2/c18-12(19)9-17-13(10-5-2-1-3-6-10)16-11-7-4-8-15-14(11)17/h4,7-8,10H,1-3,5-6,9H2,(H,18,19). The Morgan fingerprint density at radius 3 is 2.89 bits per heavy atom. The van der Waals surface area contributed by atoms with E-state index in [1.54, 1.807) is 10.8 Å². The summed E-state index contributed by atoms with van der Waals surface area (Å²) >= 11 is 0. The minimum absolute atomic E-state index is 0.0562. The topological polar surface area (TPSA) is 68.0 Å². The molecule has 3 rings (SSSR count). The van der Waals surface area contributed by atoms with Gasteiger partial charge >= 0.3 is 5.97 Å². The van der Waals surface area contributed by atoms with Crippen LogP contribution in [0.4, 0.5) is 0 Å². The summed E-state index contributed by atoms with van der Waals surface area (Å²) in [6.45, 7) is -0.0562. The summed E-state index contributed by atoms with van der Waals surface area (Å²) in [5.41, 5.74) is 1.48. The van der Waals surface area contributed by atoms with Gasteiger partial charge in [0.15, 0.2) is 5.65 Å². The first-order valence-electron chi connectivity index (χ1n) is 6.78. The number of aliphatic carboxylic acids is 1. The Bertz CT molecular complexity index is 600. The third-order valence-electron chi connectivity index (χ3n) is 3.80. The minimum Gasteiger partial charge on any atom is -0.480 e. The van der Waals surface area contributed by atoms with E-state index in [1.807, 2.05) is 12.1 Å². The second-order valence-electron chi connectivity index (χ2n) is 5.13. The lowest BCUT2D eigenvalue weighted by Gasteiger charge is -2.21. The smallest absolute Gasteiger partial charge is 0.323 e. The Morgan fingerprint density at radius 1 is 1.37 bits per heavy atom. The third kappa shape index (κ3) is 2.32. The molecule has 0 saturated heterocycles. The first-order valence-corrected chi connectivity index (χ1v) is 6.78. The fourth-order valence-corrected chi connectivity index (χ4v) is 2.94. The molecule has 0 radical (unpaired) electrons. The normalized spacial score (nSPS) is 16.8. The predicted molar refractivity (Wildman–Crippen MR) is 71.0 cm³/mol. The summed E-state index contributed by atoms with van der Waals surface area (Å²) in [7, 11) is 0. The van der Waals surface area contributed by atoms with Gasteiger partial charge in [-0.1, -0.05) is 19.3 Å². The zero-order valence-electron chi connectivity index (χ0n) is 10.7. The van der Waals surface area contributed by atoms with Crippen molar-refractivity contribution in [1.29, 1.82) is 0 Å². The number of rotatable bonds is 3. The lowest BCUT2D eigenvalue weighted by atomic mass is 9.88. The molecule has 2 aromatic rings. The second-order valence-corrected chi connectivity index (χ2v) is 5.13. The molecule has 0 aromatic carbocycles. The first kappa shape index (κ1) is 12.1. The van der Waals surface area contributed by atoms with Crippen LogP contribution in [-0.2, 0) is 11.3 Å². The third-order valence-corrected chi connectivity index (χ3v) is 3.80. The van der Waals surface area contributed by atoms with Gasteiger partial charge < -0.3 is 9.67 Å². The fourth-order valence-electron chi connectivity index (χ4n) is 2.94. The van der Waals surface area contributed by atoms with Crippen molar-refractivity contribution in [1.82, 2.24) is 14.5 Å². The van der Waals surface area contributed by atoms with Gasteiger partial charge in [-0.3, -0.25) is 4.79 Å². The quantitative estimate of drug-likeness (QED) is 0.919. The number of hydrogen-bond donors (Lipinski definition) is 1. The molecule has 0 atom stereocenters. The monoisotopic (exact) mass is 259 g/mol. The molecule has 0 unspecified atom stereocenters. The van der Waals surface area contributed by atoms with E-state index in [1.165, 1.54) is 19.3 Å². The van der Waals surface area contributed by atoms with E-state index in [-0.39, 0.29) is 6.54 Å². The van der Waals surface area contributed by atoms with Crippen LogP contribution < -0.4 is 0 Å². The SMILES string of the molecule is O=C(O)Cn1c(C2CCCCC2)nc2cccnc21. The molecule has 1 N–H and O–H groups in total. The number of aromatic nitrogens is 3. The minimum atomic E-state index is -0.845. The van der Waals surface area contributed by atoms with Gasteiger partial charge in [-0.15, -0.1) is 0 Å². The summed E-state index contributed by atoms with van der Waals surface area (Å²) in [5, 5.41) is 9.09. The van der Waals surface area contributed by atoms with Crippen molar-refractivity contribution < 1.29 is 9.90 Å². The first-order chi connectivity index (χ1) is 9.25. The number of imidazole rings is 1. The summed E-state index contributed by atoms with van der Waals surface area (Å²) in [6, 6.07) is 3.73. The molecule has 5 nitrogen and oxygen atoms in total. The van der Waals surface area contributed by atoms with Crippen LogP contribution in [0.3, 0.4) is 0 Å². The van der Waals surface area contributed by atoms with Crippen LogP contribution in [-0.4, -0.2) is 25.6 Å². The van der Waals surface area contributed by atoms with E-state index >= 15 is 0 Å². The molecule has 0 amide bonds. The lowest BCUT2D eigenvalue weighted by Crippen LogP contribution is -2.16. The number of pyridine rings is 1. The maximum Gasteiger partial charge on any atom is 0.323 e. The highest BCUT2D eigenvalue weighted by Gasteiger charge is 2.23. The summed E-state index contributed by atoms with van der Waals surface area (Å²) in [6.07, 6.45) is 7.57. The largest absolute Gasteiger partial charge is 0.480 e. The van der Waals surface area contributed by atoms with E-state index in [2.05, 4.69) is 9.97 Å². The van der Waals surface area contributed by atoms with Crippen molar-refractivity contribution in [2.45, 2.75) is 44.6 Å². The van der Waals surface area contributed by atoms with E-state index in [0.29, 0.717) is 11.6 Å². The Hall–Kier alpha value is -1.91. The average Bonchev–Trinajstić information content (AvgIpc) is 2.78. The Morgan fingerprint density at radius 2 is 2.16 bits per heavy atom. The molecule has 2 heterocycles. The van der Waals surface area contributed by atoms with Gasteiger partial charge in [-0.2, -0.15) is 0 Å². The lowest BCUT2D eigenvalue weighted by molar-refractivity contribution is -0.137. The number of hydrogen-bond acceptors (Lipinski definition) is 3. The Labute approximate surface area is 111 Å². The molecule has 100 valence electrons. The highest BCUT2D eigenvalue weighted by molar-refractivity contribution is 5.75. The van der Waals surface area contributed by atoms with E-state index in [9.17, 15) is 4.79 Å². The second kappa shape index (κ2) is 4.99. The highest BCUT2D eigenvalue weighted by Crippen LogP contribution is 2.33. The van der Waals surface area contributed by atoms with Crippen molar-refractivity contribution in [3.63, 3.8) is 0 Å². The molecule has 1 aliphatic carbocycles. The average molecular weight is 259 g/mol. The Balaban J connectivity index is 2.07. The number of carbonyl (C=O) groups is 1. The number of carboxylic acid groups (broad SMARTS) is 1. The van der Waals surface area contributed by atoms with Gasteiger partial charge in [-0.05, 0) is 25.0 Å². The van der Waals surface area contributed by atoms with Gasteiger partial charge in [0.05, 0.1) is 0 Å². The summed E-state index contributed by atoms with van der Waals surface area (Å²) in [5.74, 6) is 0.431. The van der Waals surface area contributed by atoms with Gasteiger partial charge in [0, 0.05) is 12.1 Å². The van der Waals surface area contributed by atoms with Crippen molar-refractivity contribution in [3.05, 3.63) is 24.2 Å². The molecule has 5 heteroatoms. The van der Waals surface area contributed by atoms with Crippen LogP contribution in [0.15, 0.2) is 18.3 Å². The molecule has 0 bridgehead atoms. The summed E-state index contributed by atoms with van der Waals surface area (Å²) in [4.78, 5) is 20.0. The van der Waals surface area contributed by atoms with Crippen molar-refractivity contribution in [3.8, 4) is 0 Å². The summed E-state index contributed by atoms with van der Waals surface area (Å²) < 4.78 is 1.77. The van der Waals surface area contributed by atoms with Crippen molar-refractivity contribution in [2.24, 2.45) is 0 Å². The van der Waals surface area contributed by atoms with E-state index < -0.39 is 5.97 Å². The number of carboxylic acids is 1. The molecule has 0 aliphatic heterocycles. The Kier molecular flexibility index (Phi) is 3.19. The molecular formula is C14H17N3O2. The van der Waals surface area contributed by atoms with Crippen molar-refractivity contribution in [2.75, 3.05) is 0 Å². The maximum absolute atomic E-state index is 11.1. The predicted octanol–water partition coefficient (Wildman–Crippen LogP) is 2.56. The van der Waals surface area contributed by atoms with Crippen LogP contribution in [0.25, 0.3) is 11.2 Å². The van der Waals surface area contributed by atoms with Crippen LogP contribution in [0.1, 0.15) is 43.8 Å². The van der Waals surface area contributed by atoms with Crippen molar-refractivity contribution >= 4 is 17.1 Å². The van der Waals surface area contributed by atoms with Gasteiger partial charge in [0.2, 0.25) is 0 Å². The number of nitrogens with zero attached hydrogens (tertiary/aromatic N) is 3. The highest BCUT2D eigenvalue weighted by atomic mass is 16.4. The van der Waals surface area contributed by atoms with Crippen LogP contribution >= 0.6 is 0 Å². The van der Waals surface area contributed by atoms with Crippen LogP contribution in [0.2, 0.25) is 0 Å². The molecular weight excluding hydrogens is 242 g/mol. The van der Waals surface area contributed by atoms with Crippen LogP contribution in [0, 0.1) is 0 Å². The fraction of sp³-hybridized carbons (Fsp3) is 0.500. The molecule has 2 aromatic heterocycles. The van der Waals surface area contributed by atoms with Gasteiger partial charge in [0.25, 0.3) is 0 Å². The zero-order chi connectivity index (χ0) is 13.2. The molecule has 1 fully saturated rings. The molecule has 19 heavy (non-hydrogen) atoms. The van der Waals surface area contributed by atoms with E-state index in [4.69, 9.17) is 5.11 Å². The molecule has 1 aliphatic rings. The molecule has 0 spiro atoms. The molecule has 1 saturated carbocycles. The van der Waals surface area contributed by atoms with E-state index in [0.717, 1.165) is 24.2 Å². The van der Waals surface area contributed by atoms with Gasteiger partial charge in [0.1, 0.15) is 17.9 Å². The van der Waals surface area contributed by atoms with Crippen LogP contribution in [0.5, 0.6) is 0 Å². The zero-order valence-corrected chi connectivity index (χ0v) is 10.7.